The third-order valence-corrected chi connectivity index (χ3v) is 6.29. The van der Waals surface area contributed by atoms with Crippen molar-refractivity contribution in [2.24, 2.45) is 10.4 Å². The zero-order valence-electron chi connectivity index (χ0n) is 28.9. The minimum atomic E-state index is 0.0280. The maximum atomic E-state index is 9.17. The zero-order valence-corrected chi connectivity index (χ0v) is 28.9. The first-order valence-electron chi connectivity index (χ1n) is 15.4. The number of aryl methyl sites for hydroxylation is 1. The molecule has 0 saturated heterocycles. The van der Waals surface area contributed by atoms with Crippen LogP contribution in [0.5, 0.6) is 5.75 Å². The summed E-state index contributed by atoms with van der Waals surface area (Å²) in [6.45, 7) is 30.1. The highest BCUT2D eigenvalue weighted by atomic mass is 16.5. The molecule has 0 aliphatic carbocycles. The molecule has 0 aliphatic heterocycles. The van der Waals surface area contributed by atoms with E-state index in [2.05, 4.69) is 108 Å². The third-order valence-electron chi connectivity index (χ3n) is 6.29. The van der Waals surface area contributed by atoms with E-state index in [1.165, 1.54) is 17.5 Å². The van der Waals surface area contributed by atoms with Crippen LogP contribution in [0.2, 0.25) is 0 Å². The number of allylic oxidation sites excluding steroid dienone is 2. The van der Waals surface area contributed by atoms with Gasteiger partial charge in [0.25, 0.3) is 0 Å². The van der Waals surface area contributed by atoms with Crippen molar-refractivity contribution in [1.29, 1.82) is 10.5 Å². The van der Waals surface area contributed by atoms with Crippen LogP contribution in [0, 0.1) is 35.0 Å². The third kappa shape index (κ3) is 17.0. The van der Waals surface area contributed by atoms with Crippen molar-refractivity contribution in [2.45, 2.75) is 94.6 Å². The first-order valence-corrected chi connectivity index (χ1v) is 15.4. The number of nitrogens with one attached hydrogen (secondary N) is 2. The average molecular weight is 598 g/mol. The minimum absolute atomic E-state index is 0.0280. The molecule has 0 bridgehead atoms. The van der Waals surface area contributed by atoms with Gasteiger partial charge < -0.3 is 15.4 Å². The number of hydrogen-bond acceptors (Lipinski definition) is 6. The Morgan fingerprint density at radius 1 is 1.00 bits per heavy atom. The highest BCUT2D eigenvalue weighted by Gasteiger charge is 2.15. The Bertz CT molecular complexity index is 1310. The van der Waals surface area contributed by atoms with Gasteiger partial charge in [0.1, 0.15) is 11.8 Å². The summed E-state index contributed by atoms with van der Waals surface area (Å²) >= 11 is 0. The molecule has 238 valence electrons. The van der Waals surface area contributed by atoms with E-state index < -0.39 is 0 Å². The van der Waals surface area contributed by atoms with Crippen molar-refractivity contribution < 1.29 is 4.74 Å². The fourth-order valence-corrected chi connectivity index (χ4v) is 3.38. The van der Waals surface area contributed by atoms with Gasteiger partial charge in [-0.05, 0) is 89.1 Å². The van der Waals surface area contributed by atoms with Gasteiger partial charge in [0, 0.05) is 36.6 Å². The standard InChI is InChI=1S/C16H19N3O.C16H23N.C6H13N/c1-12(2)20-16-7-6-14(10-15(16)11-18)13(3)19-9-5-4-8-17;1-7-15(17-13(3)16(4,5)6)14-10-8-12(2)9-11-14;1-4-5-7-6(2)3/h6-7,10,12,19H,3-5,9H2,1-2H3;7-11H,1-6H3;7H,2,4-5H2,1,3H3/b;15-7-,17-13?;. The Morgan fingerprint density at radius 2 is 1.61 bits per heavy atom. The van der Waals surface area contributed by atoms with Crippen molar-refractivity contribution in [3.8, 4) is 17.9 Å². The molecule has 0 atom stereocenters. The lowest BCUT2D eigenvalue weighted by Crippen LogP contribution is -2.16. The first-order chi connectivity index (χ1) is 20.7. The molecule has 0 spiro atoms. The zero-order chi connectivity index (χ0) is 33.7. The summed E-state index contributed by atoms with van der Waals surface area (Å²) in [5, 5.41) is 23.9. The van der Waals surface area contributed by atoms with Crippen molar-refractivity contribution in [3.63, 3.8) is 0 Å². The van der Waals surface area contributed by atoms with Crippen molar-refractivity contribution in [2.75, 3.05) is 13.1 Å². The molecular formula is C38H55N5O. The summed E-state index contributed by atoms with van der Waals surface area (Å²) in [7, 11) is 0. The van der Waals surface area contributed by atoms with E-state index in [0.29, 0.717) is 24.3 Å². The van der Waals surface area contributed by atoms with Crippen LogP contribution < -0.4 is 15.4 Å². The summed E-state index contributed by atoms with van der Waals surface area (Å²) in [5.74, 6) is 0.587. The quantitative estimate of drug-likeness (QED) is 0.188. The van der Waals surface area contributed by atoms with Crippen LogP contribution in [0.3, 0.4) is 0 Å². The molecule has 0 heterocycles. The molecule has 0 saturated carbocycles. The minimum Gasteiger partial charge on any atom is -0.490 e. The number of nitrogens with zero attached hydrogens (tertiary/aromatic N) is 3. The summed E-state index contributed by atoms with van der Waals surface area (Å²) in [6.07, 6.45) is 4.56. The lowest BCUT2D eigenvalue weighted by atomic mass is 9.91. The Hall–Kier alpha value is -4.29. The molecule has 6 heteroatoms. The number of unbranched alkanes of at least 4 members (excludes halogenated alkanes) is 1. The monoisotopic (exact) mass is 597 g/mol. The van der Waals surface area contributed by atoms with Crippen LogP contribution in [0.4, 0.5) is 0 Å². The van der Waals surface area contributed by atoms with Gasteiger partial charge in [0.2, 0.25) is 0 Å². The number of nitriles is 2. The molecule has 0 fully saturated rings. The van der Waals surface area contributed by atoms with Gasteiger partial charge >= 0.3 is 0 Å². The molecule has 6 nitrogen and oxygen atoms in total. The Morgan fingerprint density at radius 3 is 2.07 bits per heavy atom. The second kappa shape index (κ2) is 21.4. The largest absolute Gasteiger partial charge is 0.490 e. The number of hydrogen-bond donors (Lipinski definition) is 2. The molecule has 2 rings (SSSR count). The van der Waals surface area contributed by atoms with Gasteiger partial charge in [-0.1, -0.05) is 76.8 Å². The van der Waals surface area contributed by atoms with Crippen LogP contribution >= 0.6 is 0 Å². The number of ether oxygens (including phenoxy) is 1. The van der Waals surface area contributed by atoms with Gasteiger partial charge in [0.15, 0.2) is 0 Å². The Labute approximate surface area is 268 Å². The average Bonchev–Trinajstić information content (AvgIpc) is 2.97. The molecule has 0 amide bonds. The Balaban J connectivity index is 0.000000699. The summed E-state index contributed by atoms with van der Waals surface area (Å²) in [5.41, 5.74) is 7.95. The van der Waals surface area contributed by atoms with Gasteiger partial charge in [0.05, 0.1) is 23.4 Å². The van der Waals surface area contributed by atoms with Gasteiger partial charge in [-0.2, -0.15) is 10.5 Å². The van der Waals surface area contributed by atoms with Crippen LogP contribution in [-0.4, -0.2) is 24.9 Å². The molecular weight excluding hydrogens is 542 g/mol. The smallest absolute Gasteiger partial charge is 0.137 e. The predicted octanol–water partition coefficient (Wildman–Crippen LogP) is 9.59. The predicted molar refractivity (Wildman–Crippen MR) is 189 cm³/mol. The summed E-state index contributed by atoms with van der Waals surface area (Å²) in [6, 6.07) is 18.2. The number of benzene rings is 2. The normalized spacial score (nSPS) is 11.1. The molecule has 0 aromatic heterocycles. The van der Waals surface area contributed by atoms with E-state index in [1.807, 2.05) is 33.8 Å². The van der Waals surface area contributed by atoms with Crippen LogP contribution in [-0.2, 0) is 0 Å². The Kier molecular flexibility index (Phi) is 19.3. The fraction of sp³-hybridized carbons (Fsp3) is 0.447. The van der Waals surface area contributed by atoms with Gasteiger partial charge in [-0.3, -0.25) is 4.99 Å². The van der Waals surface area contributed by atoms with E-state index in [9.17, 15) is 0 Å². The molecule has 0 unspecified atom stereocenters. The van der Waals surface area contributed by atoms with Crippen LogP contribution in [0.25, 0.3) is 11.4 Å². The molecule has 0 radical (unpaired) electrons. The topological polar surface area (TPSA) is 93.2 Å². The molecule has 2 aromatic carbocycles. The molecule has 0 aliphatic rings. The van der Waals surface area contributed by atoms with Gasteiger partial charge in [-0.25, -0.2) is 0 Å². The SMILES string of the molecule is C/C=C(\N=C(C)C(C)(C)C)c1ccc(C)cc1.C=C(C)NCCC.C=C(NCCCC#N)c1ccc(OC(C)C)c(C#N)c1. The van der Waals surface area contributed by atoms with Crippen LogP contribution in [0.1, 0.15) is 104 Å². The van der Waals surface area contributed by atoms with Gasteiger partial charge in [-0.15, -0.1) is 0 Å². The van der Waals surface area contributed by atoms with E-state index >= 15 is 0 Å². The lowest BCUT2D eigenvalue weighted by Gasteiger charge is -2.18. The fourth-order valence-electron chi connectivity index (χ4n) is 3.38. The van der Waals surface area contributed by atoms with E-state index in [0.717, 1.165) is 41.3 Å². The molecule has 44 heavy (non-hydrogen) atoms. The summed E-state index contributed by atoms with van der Waals surface area (Å²) in [4.78, 5) is 4.74. The van der Waals surface area contributed by atoms with Crippen molar-refractivity contribution >= 4 is 17.1 Å². The maximum absolute atomic E-state index is 9.17. The number of rotatable bonds is 12. The lowest BCUT2D eigenvalue weighted by molar-refractivity contribution is 0.241. The highest BCUT2D eigenvalue weighted by Crippen LogP contribution is 2.24. The molecule has 2 N–H and O–H groups in total. The van der Waals surface area contributed by atoms with E-state index in [-0.39, 0.29) is 11.5 Å². The van der Waals surface area contributed by atoms with Crippen LogP contribution in [0.15, 0.2) is 72.4 Å². The van der Waals surface area contributed by atoms with Crippen molar-refractivity contribution in [3.05, 3.63) is 89.6 Å². The second-order valence-electron chi connectivity index (χ2n) is 11.9. The van der Waals surface area contributed by atoms with Crippen molar-refractivity contribution in [1.82, 2.24) is 10.6 Å². The second-order valence-corrected chi connectivity index (χ2v) is 11.9. The maximum Gasteiger partial charge on any atom is 0.137 e. The van der Waals surface area contributed by atoms with E-state index in [4.69, 9.17) is 20.3 Å². The summed E-state index contributed by atoms with van der Waals surface area (Å²) < 4.78 is 5.58. The highest BCUT2D eigenvalue weighted by molar-refractivity contribution is 5.91. The van der Waals surface area contributed by atoms with E-state index in [1.54, 1.807) is 12.1 Å². The molecule has 2 aromatic rings. The first kappa shape index (κ1) is 39.7. The number of aliphatic imine (C=N–C) groups is 1.